The summed E-state index contributed by atoms with van der Waals surface area (Å²) in [5, 5.41) is 0. The van der Waals surface area contributed by atoms with E-state index in [0.717, 1.165) is 5.54 Å². The second kappa shape index (κ2) is 3.33. The van der Waals surface area contributed by atoms with E-state index in [1.807, 2.05) is 0 Å². The second-order valence-electron chi connectivity index (χ2n) is 1.07. The topological polar surface area (TPSA) is 34.1 Å². The van der Waals surface area contributed by atoms with E-state index in [9.17, 15) is 8.42 Å². The zero-order chi connectivity index (χ0) is 6.62. The summed E-state index contributed by atoms with van der Waals surface area (Å²) >= 11 is 5.00. The van der Waals surface area contributed by atoms with E-state index in [-0.39, 0.29) is 5.75 Å². The van der Waals surface area contributed by atoms with E-state index in [1.165, 1.54) is 6.08 Å². The third-order valence-electron chi connectivity index (χ3n) is 0.384. The highest BCUT2D eigenvalue weighted by Crippen LogP contribution is 1.95. The van der Waals surface area contributed by atoms with Gasteiger partial charge in [-0.3, -0.25) is 0 Å². The fourth-order valence-electron chi connectivity index (χ4n) is 0.151. The van der Waals surface area contributed by atoms with Gasteiger partial charge in [-0.25, -0.2) is 8.42 Å². The van der Waals surface area contributed by atoms with Crippen LogP contribution in [-0.2, 0) is 9.05 Å². The van der Waals surface area contributed by atoms with Gasteiger partial charge in [-0.1, -0.05) is 17.7 Å². The van der Waals surface area contributed by atoms with Crippen LogP contribution in [0.25, 0.3) is 0 Å². The zero-order valence-electron chi connectivity index (χ0n) is 3.84. The Bertz CT molecular complexity index is 170. The molecule has 0 aliphatic heterocycles. The van der Waals surface area contributed by atoms with Crippen LogP contribution in [0.2, 0.25) is 0 Å². The average Bonchev–Trinajstić information content (AvgIpc) is 1.59. The maximum Gasteiger partial charge on any atom is 0.236 e. The summed E-state index contributed by atoms with van der Waals surface area (Å²) in [5.74, 6) is -0.210. The van der Waals surface area contributed by atoms with Crippen LogP contribution >= 0.6 is 22.3 Å². The first-order chi connectivity index (χ1) is 3.56. The molecule has 0 fully saturated rings. The Morgan fingerprint density at radius 1 is 1.50 bits per heavy atom. The molecule has 0 unspecified atom stereocenters. The molecule has 0 atom stereocenters. The van der Waals surface area contributed by atoms with Gasteiger partial charge in [0.15, 0.2) is 0 Å². The minimum Gasteiger partial charge on any atom is -0.212 e. The molecule has 0 saturated heterocycles. The van der Waals surface area contributed by atoms with Gasteiger partial charge < -0.3 is 0 Å². The Labute approximate surface area is 57.5 Å². The second-order valence-corrected chi connectivity index (χ2v) is 4.14. The zero-order valence-corrected chi connectivity index (χ0v) is 6.17. The van der Waals surface area contributed by atoms with Crippen molar-refractivity contribution < 1.29 is 8.42 Å². The summed E-state index contributed by atoms with van der Waals surface area (Å²) in [5.41, 5.74) is 1.11. The van der Waals surface area contributed by atoms with Crippen LogP contribution in [0.4, 0.5) is 0 Å². The van der Waals surface area contributed by atoms with Crippen molar-refractivity contribution in [2.45, 2.75) is 0 Å². The van der Waals surface area contributed by atoms with Crippen LogP contribution in [0.5, 0.6) is 0 Å². The molecule has 0 saturated carbocycles. The van der Waals surface area contributed by atoms with E-state index < -0.39 is 9.05 Å². The fourth-order valence-corrected chi connectivity index (χ4v) is 0.890. The molecule has 0 spiro atoms. The Morgan fingerprint density at radius 2 is 2.00 bits per heavy atom. The largest absolute Gasteiger partial charge is 0.236 e. The van der Waals surface area contributed by atoms with E-state index in [1.54, 1.807) is 0 Å². The lowest BCUT2D eigenvalue weighted by Gasteiger charge is -1.81. The molecule has 0 aliphatic carbocycles. The number of hydrogen-bond acceptors (Lipinski definition) is 2. The van der Waals surface area contributed by atoms with E-state index in [2.05, 4.69) is 0 Å². The lowest BCUT2D eigenvalue weighted by Crippen LogP contribution is -1.90. The molecule has 8 heavy (non-hydrogen) atoms. The molecule has 0 aromatic heterocycles. The van der Waals surface area contributed by atoms with Crippen molar-refractivity contribution in [2.75, 3.05) is 5.75 Å². The minimum atomic E-state index is -3.39. The lowest BCUT2D eigenvalue weighted by molar-refractivity contribution is 0.612. The van der Waals surface area contributed by atoms with Crippen LogP contribution in [0.15, 0.2) is 11.6 Å². The molecule has 5 heteroatoms. The van der Waals surface area contributed by atoms with E-state index >= 15 is 0 Å². The first-order valence-corrected chi connectivity index (χ1v) is 4.65. The van der Waals surface area contributed by atoms with Crippen molar-refractivity contribution in [2.24, 2.45) is 0 Å². The minimum absolute atomic E-state index is 0.210. The molecule has 0 heterocycles. The molecule has 0 aromatic rings. The van der Waals surface area contributed by atoms with Crippen LogP contribution in [0, 0.1) is 0 Å². The number of halogens is 2. The van der Waals surface area contributed by atoms with Gasteiger partial charge in [0.1, 0.15) is 0 Å². The monoisotopic (exact) mass is 174 g/mol. The summed E-state index contributed by atoms with van der Waals surface area (Å²) in [6.45, 7) is 0. The van der Waals surface area contributed by atoms with Gasteiger partial charge in [0, 0.05) is 16.2 Å². The highest BCUT2D eigenvalue weighted by Gasteiger charge is 1.98. The predicted octanol–water partition coefficient (Wildman–Crippen LogP) is 1.31. The molecule has 0 bridgehead atoms. The van der Waals surface area contributed by atoms with Crippen molar-refractivity contribution >= 4 is 31.3 Å². The Morgan fingerprint density at radius 3 is 2.12 bits per heavy atom. The highest BCUT2D eigenvalue weighted by atomic mass is 35.7. The SMILES string of the molecule is O=S(=O)(Cl)C/C=C\Cl. The highest BCUT2D eigenvalue weighted by molar-refractivity contribution is 8.13. The van der Waals surface area contributed by atoms with E-state index in [0.29, 0.717) is 0 Å². The maximum atomic E-state index is 10.0. The predicted molar refractivity (Wildman–Crippen MR) is 34.6 cm³/mol. The normalized spacial score (nSPS) is 12.8. The average molecular weight is 175 g/mol. The molecule has 0 aliphatic rings. The summed E-state index contributed by atoms with van der Waals surface area (Å²) in [6, 6.07) is 0. The lowest BCUT2D eigenvalue weighted by atomic mass is 10.8. The molecule has 0 radical (unpaired) electrons. The van der Waals surface area contributed by atoms with Gasteiger partial charge in [0.05, 0.1) is 5.75 Å². The van der Waals surface area contributed by atoms with Crippen molar-refractivity contribution in [3.8, 4) is 0 Å². The smallest absolute Gasteiger partial charge is 0.212 e. The Kier molecular flexibility index (Phi) is 3.44. The van der Waals surface area contributed by atoms with Crippen molar-refractivity contribution in [3.63, 3.8) is 0 Å². The van der Waals surface area contributed by atoms with Crippen LogP contribution in [0.3, 0.4) is 0 Å². The molecule has 0 aromatic carbocycles. The van der Waals surface area contributed by atoms with Crippen molar-refractivity contribution in [1.29, 1.82) is 0 Å². The van der Waals surface area contributed by atoms with Gasteiger partial charge in [0.2, 0.25) is 9.05 Å². The molecular weight excluding hydrogens is 171 g/mol. The van der Waals surface area contributed by atoms with Crippen LogP contribution < -0.4 is 0 Å². The van der Waals surface area contributed by atoms with Gasteiger partial charge >= 0.3 is 0 Å². The van der Waals surface area contributed by atoms with Crippen molar-refractivity contribution in [1.82, 2.24) is 0 Å². The molecule has 0 N–H and O–H groups in total. The number of hydrogen-bond donors (Lipinski definition) is 0. The van der Waals surface area contributed by atoms with Gasteiger partial charge in [0.25, 0.3) is 0 Å². The molecule has 48 valence electrons. The van der Waals surface area contributed by atoms with Gasteiger partial charge in [-0.15, -0.1) is 0 Å². The molecule has 0 amide bonds. The Hall–Kier alpha value is 0.270. The summed E-state index contributed by atoms with van der Waals surface area (Å²) in [4.78, 5) is 0. The third-order valence-corrected chi connectivity index (χ3v) is 1.53. The quantitative estimate of drug-likeness (QED) is 0.593. The number of rotatable bonds is 2. The standard InChI is InChI=1S/C3H4Cl2O2S/c4-2-1-3-8(5,6)7/h1-2H,3H2/b2-1-. The summed E-state index contributed by atoms with van der Waals surface area (Å²) in [7, 11) is 1.39. The fraction of sp³-hybridized carbons (Fsp3) is 0.333. The first kappa shape index (κ1) is 8.27. The summed E-state index contributed by atoms with van der Waals surface area (Å²) < 4.78 is 20.1. The first-order valence-electron chi connectivity index (χ1n) is 1.74. The van der Waals surface area contributed by atoms with Crippen LogP contribution in [-0.4, -0.2) is 14.2 Å². The molecule has 2 nitrogen and oxygen atoms in total. The van der Waals surface area contributed by atoms with Gasteiger partial charge in [-0.05, 0) is 0 Å². The van der Waals surface area contributed by atoms with Crippen molar-refractivity contribution in [3.05, 3.63) is 11.6 Å². The maximum absolute atomic E-state index is 10.0. The molecular formula is C3H4Cl2O2S. The molecule has 0 rings (SSSR count). The van der Waals surface area contributed by atoms with E-state index in [4.69, 9.17) is 22.3 Å². The summed E-state index contributed by atoms with van der Waals surface area (Å²) in [6.07, 6.45) is 1.25. The third kappa shape index (κ3) is 6.27. The Balaban J connectivity index is 3.76. The van der Waals surface area contributed by atoms with Crippen LogP contribution in [0.1, 0.15) is 0 Å². The van der Waals surface area contributed by atoms with Gasteiger partial charge in [-0.2, -0.15) is 0 Å².